The highest BCUT2D eigenvalue weighted by Gasteiger charge is 2.21. The molecule has 2 heterocycles. The summed E-state index contributed by atoms with van der Waals surface area (Å²) in [5.41, 5.74) is 0. The lowest BCUT2D eigenvalue weighted by atomic mass is 10.2. The number of nitrogens with zero attached hydrogens (tertiary/aromatic N) is 2. The minimum absolute atomic E-state index is 0.00310. The van der Waals surface area contributed by atoms with Gasteiger partial charge in [0.2, 0.25) is 11.8 Å². The van der Waals surface area contributed by atoms with Gasteiger partial charge in [0.25, 0.3) is 0 Å². The van der Waals surface area contributed by atoms with E-state index in [0.717, 1.165) is 19.4 Å². The van der Waals surface area contributed by atoms with Gasteiger partial charge in [0.1, 0.15) is 0 Å². The van der Waals surface area contributed by atoms with Crippen molar-refractivity contribution >= 4 is 5.91 Å². The lowest BCUT2D eigenvalue weighted by Gasteiger charge is -2.08. The van der Waals surface area contributed by atoms with Crippen molar-refractivity contribution in [1.82, 2.24) is 20.8 Å². The van der Waals surface area contributed by atoms with Gasteiger partial charge < -0.3 is 15.2 Å². The zero-order valence-electron chi connectivity index (χ0n) is 8.62. The summed E-state index contributed by atoms with van der Waals surface area (Å²) in [6, 6.07) is -0.0611. The molecule has 6 heteroatoms. The van der Waals surface area contributed by atoms with E-state index in [-0.39, 0.29) is 11.9 Å². The summed E-state index contributed by atoms with van der Waals surface area (Å²) >= 11 is 0. The van der Waals surface area contributed by atoms with Gasteiger partial charge in [-0.05, 0) is 26.3 Å². The van der Waals surface area contributed by atoms with Crippen LogP contribution in [0.25, 0.3) is 0 Å². The monoisotopic (exact) mass is 210 g/mol. The SMILES string of the molecule is Cc1noc(CNC(=O)[C@H]2CCCN2)n1. The quantitative estimate of drug-likeness (QED) is 0.719. The molecule has 1 saturated heterocycles. The molecule has 0 saturated carbocycles. The van der Waals surface area contributed by atoms with E-state index in [1.54, 1.807) is 6.92 Å². The minimum Gasteiger partial charge on any atom is -0.346 e. The Morgan fingerprint density at radius 3 is 3.20 bits per heavy atom. The molecule has 2 rings (SSSR count). The molecule has 15 heavy (non-hydrogen) atoms. The summed E-state index contributed by atoms with van der Waals surface area (Å²) in [5.74, 6) is 1.03. The molecule has 6 nitrogen and oxygen atoms in total. The predicted octanol–water partition coefficient (Wildman–Crippen LogP) is -0.254. The summed E-state index contributed by atoms with van der Waals surface area (Å²) in [4.78, 5) is 15.6. The number of rotatable bonds is 3. The van der Waals surface area contributed by atoms with Gasteiger partial charge >= 0.3 is 0 Å². The number of aromatic nitrogens is 2. The maximum Gasteiger partial charge on any atom is 0.246 e. The molecule has 1 aliphatic rings. The molecule has 1 aromatic rings. The van der Waals surface area contributed by atoms with Crippen molar-refractivity contribution in [2.24, 2.45) is 0 Å². The normalized spacial score (nSPS) is 20.5. The van der Waals surface area contributed by atoms with E-state index in [1.165, 1.54) is 0 Å². The maximum absolute atomic E-state index is 11.6. The Bertz CT molecular complexity index is 344. The highest BCUT2D eigenvalue weighted by atomic mass is 16.5. The van der Waals surface area contributed by atoms with Crippen LogP contribution in [0.5, 0.6) is 0 Å². The second kappa shape index (κ2) is 4.39. The third kappa shape index (κ3) is 2.53. The lowest BCUT2D eigenvalue weighted by molar-refractivity contribution is -0.123. The van der Waals surface area contributed by atoms with Crippen LogP contribution in [0.4, 0.5) is 0 Å². The first-order valence-electron chi connectivity index (χ1n) is 5.06. The van der Waals surface area contributed by atoms with Gasteiger partial charge in [0.15, 0.2) is 5.82 Å². The van der Waals surface area contributed by atoms with E-state index in [4.69, 9.17) is 4.52 Å². The first-order valence-corrected chi connectivity index (χ1v) is 5.06. The van der Waals surface area contributed by atoms with E-state index < -0.39 is 0 Å². The summed E-state index contributed by atoms with van der Waals surface area (Å²) in [6.07, 6.45) is 1.95. The minimum atomic E-state index is -0.0611. The van der Waals surface area contributed by atoms with Crippen molar-refractivity contribution < 1.29 is 9.32 Å². The molecule has 82 valence electrons. The van der Waals surface area contributed by atoms with Crippen molar-refractivity contribution in [1.29, 1.82) is 0 Å². The van der Waals surface area contributed by atoms with E-state index in [0.29, 0.717) is 18.3 Å². The molecule has 1 amide bonds. The highest BCUT2D eigenvalue weighted by molar-refractivity contribution is 5.81. The topological polar surface area (TPSA) is 80.0 Å². The molecule has 0 bridgehead atoms. The van der Waals surface area contributed by atoms with Crippen molar-refractivity contribution in [3.63, 3.8) is 0 Å². The fourth-order valence-corrected chi connectivity index (χ4v) is 1.61. The zero-order valence-corrected chi connectivity index (χ0v) is 8.62. The van der Waals surface area contributed by atoms with Crippen LogP contribution in [-0.4, -0.2) is 28.6 Å². The number of aryl methyl sites for hydroxylation is 1. The summed E-state index contributed by atoms with van der Waals surface area (Å²) < 4.78 is 4.88. The Morgan fingerprint density at radius 2 is 2.60 bits per heavy atom. The van der Waals surface area contributed by atoms with E-state index in [2.05, 4.69) is 20.8 Å². The molecule has 1 atom stereocenters. The standard InChI is InChI=1S/C9H14N4O2/c1-6-12-8(15-13-6)5-11-9(14)7-3-2-4-10-7/h7,10H,2-5H2,1H3,(H,11,14)/t7-/m1/s1. The summed E-state index contributed by atoms with van der Waals surface area (Å²) in [5, 5.41) is 9.51. The number of carbonyl (C=O) groups excluding carboxylic acids is 1. The van der Waals surface area contributed by atoms with Gasteiger partial charge in [-0.3, -0.25) is 4.79 Å². The van der Waals surface area contributed by atoms with Crippen LogP contribution in [0, 0.1) is 6.92 Å². The Hall–Kier alpha value is -1.43. The Labute approximate surface area is 87.4 Å². The molecule has 0 aliphatic carbocycles. The number of amides is 1. The van der Waals surface area contributed by atoms with Crippen LogP contribution in [0.3, 0.4) is 0 Å². The average molecular weight is 210 g/mol. The Kier molecular flexibility index (Phi) is 2.96. The van der Waals surface area contributed by atoms with Crippen LogP contribution >= 0.6 is 0 Å². The zero-order chi connectivity index (χ0) is 10.7. The van der Waals surface area contributed by atoms with E-state index >= 15 is 0 Å². The lowest BCUT2D eigenvalue weighted by Crippen LogP contribution is -2.40. The number of hydrogen-bond acceptors (Lipinski definition) is 5. The third-order valence-electron chi connectivity index (χ3n) is 2.36. The van der Waals surface area contributed by atoms with Gasteiger partial charge in [0, 0.05) is 0 Å². The fourth-order valence-electron chi connectivity index (χ4n) is 1.61. The molecule has 0 spiro atoms. The second-order valence-electron chi connectivity index (χ2n) is 3.60. The number of nitrogens with one attached hydrogen (secondary N) is 2. The van der Waals surface area contributed by atoms with Gasteiger partial charge in [-0.15, -0.1) is 0 Å². The van der Waals surface area contributed by atoms with Crippen molar-refractivity contribution in [2.75, 3.05) is 6.54 Å². The molecule has 0 aromatic carbocycles. The molecule has 1 fully saturated rings. The number of hydrogen-bond donors (Lipinski definition) is 2. The fraction of sp³-hybridized carbons (Fsp3) is 0.667. The van der Waals surface area contributed by atoms with Gasteiger partial charge in [-0.1, -0.05) is 5.16 Å². The molecule has 1 aliphatic heterocycles. The smallest absolute Gasteiger partial charge is 0.246 e. The highest BCUT2D eigenvalue weighted by Crippen LogP contribution is 2.04. The van der Waals surface area contributed by atoms with Crippen LogP contribution in [0.15, 0.2) is 4.52 Å². The van der Waals surface area contributed by atoms with Crippen LogP contribution in [-0.2, 0) is 11.3 Å². The third-order valence-corrected chi connectivity index (χ3v) is 2.36. The molecule has 1 aromatic heterocycles. The first kappa shape index (κ1) is 10.1. The van der Waals surface area contributed by atoms with Crippen molar-refractivity contribution in [3.8, 4) is 0 Å². The largest absolute Gasteiger partial charge is 0.346 e. The van der Waals surface area contributed by atoms with Crippen molar-refractivity contribution in [3.05, 3.63) is 11.7 Å². The molecule has 0 radical (unpaired) electrons. The molecule has 2 N–H and O–H groups in total. The average Bonchev–Trinajstić information content (AvgIpc) is 2.84. The van der Waals surface area contributed by atoms with Gasteiger partial charge in [-0.25, -0.2) is 0 Å². The van der Waals surface area contributed by atoms with E-state index in [9.17, 15) is 4.79 Å². The van der Waals surface area contributed by atoms with Gasteiger partial charge in [0.05, 0.1) is 12.6 Å². The van der Waals surface area contributed by atoms with Crippen molar-refractivity contribution in [2.45, 2.75) is 32.4 Å². The van der Waals surface area contributed by atoms with Crippen LogP contribution in [0.2, 0.25) is 0 Å². The molecule has 0 unspecified atom stereocenters. The summed E-state index contributed by atoms with van der Waals surface area (Å²) in [7, 11) is 0. The van der Waals surface area contributed by atoms with Gasteiger partial charge in [-0.2, -0.15) is 4.98 Å². The number of carbonyl (C=O) groups is 1. The Morgan fingerprint density at radius 1 is 1.73 bits per heavy atom. The first-order chi connectivity index (χ1) is 7.25. The second-order valence-corrected chi connectivity index (χ2v) is 3.60. The predicted molar refractivity (Wildman–Crippen MR) is 51.9 cm³/mol. The summed E-state index contributed by atoms with van der Waals surface area (Å²) in [6.45, 7) is 2.96. The van der Waals surface area contributed by atoms with Crippen LogP contribution in [0.1, 0.15) is 24.6 Å². The maximum atomic E-state index is 11.6. The van der Waals surface area contributed by atoms with E-state index in [1.807, 2.05) is 0 Å². The Balaban J connectivity index is 1.80. The molecular formula is C9H14N4O2. The molecular weight excluding hydrogens is 196 g/mol. The van der Waals surface area contributed by atoms with Crippen LogP contribution < -0.4 is 10.6 Å².